The van der Waals surface area contributed by atoms with Gasteiger partial charge in [0.1, 0.15) is 17.8 Å². The van der Waals surface area contributed by atoms with Gasteiger partial charge in [0.2, 0.25) is 5.82 Å². The second kappa shape index (κ2) is 8.24. The molecule has 0 N–H and O–H groups in total. The molecule has 0 aliphatic rings. The van der Waals surface area contributed by atoms with E-state index in [0.717, 1.165) is 11.5 Å². The molecule has 0 saturated heterocycles. The zero-order valence-electron chi connectivity index (χ0n) is 17.1. The van der Waals surface area contributed by atoms with Crippen LogP contribution in [0.25, 0.3) is 22.8 Å². The summed E-state index contributed by atoms with van der Waals surface area (Å²) in [6.07, 6.45) is 3.25. The normalized spacial score (nSPS) is 11.9. The quantitative estimate of drug-likeness (QED) is 0.450. The van der Waals surface area contributed by atoms with Crippen LogP contribution >= 0.6 is 0 Å². The molecular weight excluding hydrogens is 386 g/mol. The number of methoxy groups -OCH3 is 2. The van der Waals surface area contributed by atoms with Gasteiger partial charge in [-0.1, -0.05) is 16.4 Å². The number of para-hydroxylation sites is 1. The molecule has 0 aliphatic carbocycles. The monoisotopic (exact) mass is 407 g/mol. The van der Waals surface area contributed by atoms with Crippen LogP contribution in [0.15, 0.2) is 57.9 Å². The molecule has 154 valence electrons. The van der Waals surface area contributed by atoms with Crippen LogP contribution in [0.1, 0.15) is 18.7 Å². The van der Waals surface area contributed by atoms with E-state index < -0.39 is 0 Å². The van der Waals surface area contributed by atoms with Crippen LogP contribution in [0.2, 0.25) is 0 Å². The predicted molar refractivity (Wildman–Crippen MR) is 109 cm³/mol. The summed E-state index contributed by atoms with van der Waals surface area (Å²) in [5.41, 5.74) is 2.22. The molecular formula is C21H21N5O4. The molecule has 0 unspecified atom stereocenters. The molecule has 3 heterocycles. The number of anilines is 1. The van der Waals surface area contributed by atoms with E-state index in [0.29, 0.717) is 34.3 Å². The summed E-state index contributed by atoms with van der Waals surface area (Å²) in [5, 5.41) is 8.08. The van der Waals surface area contributed by atoms with Gasteiger partial charge >= 0.3 is 0 Å². The van der Waals surface area contributed by atoms with E-state index in [-0.39, 0.29) is 6.04 Å². The summed E-state index contributed by atoms with van der Waals surface area (Å²) < 4.78 is 21.2. The van der Waals surface area contributed by atoms with Gasteiger partial charge in [0.25, 0.3) is 5.89 Å². The number of pyridine rings is 1. The van der Waals surface area contributed by atoms with Crippen LogP contribution in [0, 0.1) is 0 Å². The van der Waals surface area contributed by atoms with Gasteiger partial charge in [0.05, 0.1) is 31.4 Å². The number of ether oxygens (including phenoxy) is 2. The lowest BCUT2D eigenvalue weighted by molar-refractivity contribution is 0.355. The van der Waals surface area contributed by atoms with Gasteiger partial charge < -0.3 is 23.4 Å². The molecule has 3 aromatic heterocycles. The van der Waals surface area contributed by atoms with E-state index >= 15 is 0 Å². The third-order valence-corrected chi connectivity index (χ3v) is 4.89. The third-order valence-electron chi connectivity index (χ3n) is 4.89. The van der Waals surface area contributed by atoms with Crippen molar-refractivity contribution in [3.05, 3.63) is 54.6 Å². The van der Waals surface area contributed by atoms with E-state index in [4.69, 9.17) is 18.5 Å². The van der Waals surface area contributed by atoms with E-state index in [2.05, 4.69) is 20.3 Å². The fourth-order valence-electron chi connectivity index (χ4n) is 3.07. The first-order chi connectivity index (χ1) is 14.6. The van der Waals surface area contributed by atoms with Crippen molar-refractivity contribution in [1.82, 2.24) is 20.3 Å². The molecule has 1 aromatic carbocycles. The fraction of sp³-hybridized carbons (Fsp3) is 0.238. The molecule has 0 spiro atoms. The van der Waals surface area contributed by atoms with Crippen molar-refractivity contribution in [3.8, 4) is 34.3 Å². The Hall–Kier alpha value is -3.88. The zero-order valence-corrected chi connectivity index (χ0v) is 17.1. The molecule has 0 aliphatic heterocycles. The Bertz CT molecular complexity index is 1110. The van der Waals surface area contributed by atoms with Crippen molar-refractivity contribution in [3.63, 3.8) is 0 Å². The Balaban J connectivity index is 1.57. The van der Waals surface area contributed by atoms with Crippen LogP contribution in [0.3, 0.4) is 0 Å². The standard InChI is InChI=1S/C21H21N5O4/c1-13(16-10-11-29-24-16)26(2)18-9-8-14(12-22-18)21-23-20(25-30-21)15-6-5-7-17(27-3)19(15)28-4/h5-13H,1-4H3/t13-/m0/s1. The lowest BCUT2D eigenvalue weighted by atomic mass is 10.1. The average Bonchev–Trinajstić information content (AvgIpc) is 3.50. The second-order valence-corrected chi connectivity index (χ2v) is 6.58. The Labute approximate surface area is 173 Å². The van der Waals surface area contributed by atoms with Gasteiger partial charge in [-0.3, -0.25) is 0 Å². The molecule has 0 fully saturated rings. The highest BCUT2D eigenvalue weighted by molar-refractivity contribution is 5.69. The molecule has 9 nitrogen and oxygen atoms in total. The first-order valence-corrected chi connectivity index (χ1v) is 9.27. The van der Waals surface area contributed by atoms with E-state index in [9.17, 15) is 0 Å². The van der Waals surface area contributed by atoms with Gasteiger partial charge in [-0.2, -0.15) is 4.98 Å². The first-order valence-electron chi connectivity index (χ1n) is 9.27. The van der Waals surface area contributed by atoms with Gasteiger partial charge in [-0.15, -0.1) is 0 Å². The van der Waals surface area contributed by atoms with Crippen molar-refractivity contribution in [2.45, 2.75) is 13.0 Å². The van der Waals surface area contributed by atoms with Gasteiger partial charge in [0.15, 0.2) is 11.5 Å². The number of rotatable bonds is 7. The highest BCUT2D eigenvalue weighted by atomic mass is 16.5. The van der Waals surface area contributed by atoms with Crippen LogP contribution in [0.5, 0.6) is 11.5 Å². The number of hydrogen-bond acceptors (Lipinski definition) is 9. The number of aromatic nitrogens is 4. The number of nitrogens with zero attached hydrogens (tertiary/aromatic N) is 5. The van der Waals surface area contributed by atoms with E-state index in [1.54, 1.807) is 26.7 Å². The van der Waals surface area contributed by atoms with E-state index in [1.807, 2.05) is 55.3 Å². The maximum absolute atomic E-state index is 5.46. The smallest absolute Gasteiger partial charge is 0.259 e. The maximum Gasteiger partial charge on any atom is 0.259 e. The topological polar surface area (TPSA) is 99.5 Å². The van der Waals surface area contributed by atoms with Crippen molar-refractivity contribution in [2.75, 3.05) is 26.2 Å². The Morgan fingerprint density at radius 3 is 2.57 bits per heavy atom. The summed E-state index contributed by atoms with van der Waals surface area (Å²) in [5.74, 6) is 2.69. The molecule has 4 aromatic rings. The summed E-state index contributed by atoms with van der Waals surface area (Å²) in [6.45, 7) is 2.03. The van der Waals surface area contributed by atoms with Gasteiger partial charge in [-0.25, -0.2) is 4.98 Å². The highest BCUT2D eigenvalue weighted by Crippen LogP contribution is 2.37. The van der Waals surface area contributed by atoms with Crippen molar-refractivity contribution in [1.29, 1.82) is 0 Å². The lowest BCUT2D eigenvalue weighted by Crippen LogP contribution is -2.22. The molecule has 0 amide bonds. The van der Waals surface area contributed by atoms with Gasteiger partial charge in [0, 0.05) is 19.3 Å². The van der Waals surface area contributed by atoms with Gasteiger partial charge in [-0.05, 0) is 31.2 Å². The largest absolute Gasteiger partial charge is 0.493 e. The summed E-state index contributed by atoms with van der Waals surface area (Å²) >= 11 is 0. The SMILES string of the molecule is COc1cccc(-c2noc(-c3ccc(N(C)[C@@H](C)c4ccon4)nc3)n2)c1OC. The van der Waals surface area contributed by atoms with E-state index in [1.165, 1.54) is 0 Å². The van der Waals surface area contributed by atoms with Crippen LogP contribution in [-0.4, -0.2) is 41.5 Å². The Morgan fingerprint density at radius 1 is 1.03 bits per heavy atom. The minimum absolute atomic E-state index is 0.0117. The maximum atomic E-state index is 5.46. The summed E-state index contributed by atoms with van der Waals surface area (Å²) in [4.78, 5) is 11.0. The molecule has 9 heteroatoms. The highest BCUT2D eigenvalue weighted by Gasteiger charge is 2.19. The molecule has 0 saturated carbocycles. The molecule has 0 bridgehead atoms. The Morgan fingerprint density at radius 2 is 1.90 bits per heavy atom. The minimum atomic E-state index is 0.0117. The molecule has 30 heavy (non-hydrogen) atoms. The van der Waals surface area contributed by atoms with Crippen LogP contribution < -0.4 is 14.4 Å². The molecule has 1 atom stereocenters. The van der Waals surface area contributed by atoms with Crippen molar-refractivity contribution < 1.29 is 18.5 Å². The fourth-order valence-corrected chi connectivity index (χ4v) is 3.07. The van der Waals surface area contributed by atoms with Crippen LogP contribution in [0.4, 0.5) is 5.82 Å². The van der Waals surface area contributed by atoms with Crippen LogP contribution in [-0.2, 0) is 0 Å². The summed E-state index contributed by atoms with van der Waals surface area (Å²) in [6, 6.07) is 11.1. The minimum Gasteiger partial charge on any atom is -0.493 e. The van der Waals surface area contributed by atoms with Crippen molar-refractivity contribution >= 4 is 5.82 Å². The molecule has 4 rings (SSSR count). The lowest BCUT2D eigenvalue weighted by Gasteiger charge is -2.24. The first kappa shape index (κ1) is 19.4. The summed E-state index contributed by atoms with van der Waals surface area (Å²) in [7, 11) is 5.10. The predicted octanol–water partition coefficient (Wildman–Crippen LogP) is 4.00. The Kier molecular flexibility index (Phi) is 5.34. The number of hydrogen-bond donors (Lipinski definition) is 0. The third kappa shape index (κ3) is 3.57. The number of benzene rings is 1. The zero-order chi connectivity index (χ0) is 21.1. The average molecular weight is 407 g/mol. The van der Waals surface area contributed by atoms with Crippen molar-refractivity contribution in [2.24, 2.45) is 0 Å². The second-order valence-electron chi connectivity index (χ2n) is 6.58. The molecule has 0 radical (unpaired) electrons.